The Kier molecular flexibility index (Phi) is 7.28. The van der Waals surface area contributed by atoms with Gasteiger partial charge in [0.1, 0.15) is 17.3 Å². The number of fused-ring (bicyclic) bond motifs is 2. The number of ketones is 1. The summed E-state index contributed by atoms with van der Waals surface area (Å²) in [6.45, 7) is 28.3. The van der Waals surface area contributed by atoms with Crippen LogP contribution in [0.2, 0.25) is 18.1 Å². The van der Waals surface area contributed by atoms with Crippen LogP contribution in [-0.2, 0) is 32.9 Å². The zero-order valence-electron chi connectivity index (χ0n) is 26.0. The zero-order chi connectivity index (χ0) is 29.0. The molecular weight excluding hydrogens is 504 g/mol. The van der Waals surface area contributed by atoms with Gasteiger partial charge >= 0.3 is 0 Å². The van der Waals surface area contributed by atoms with E-state index in [1.54, 1.807) is 0 Å². The number of aliphatic hydroxyl groups is 1. The van der Waals surface area contributed by atoms with E-state index >= 15 is 0 Å². The van der Waals surface area contributed by atoms with Gasteiger partial charge in [-0.05, 0) is 66.6 Å². The highest BCUT2D eigenvalue weighted by Crippen LogP contribution is 2.55. The average molecular weight is 557 g/mol. The summed E-state index contributed by atoms with van der Waals surface area (Å²) in [5.74, 6) is -2.87. The smallest absolute Gasteiger partial charge is 0.192 e. The lowest BCUT2D eigenvalue weighted by atomic mass is 9.68. The van der Waals surface area contributed by atoms with Crippen molar-refractivity contribution in [2.24, 2.45) is 17.8 Å². The topological polar surface area (TPSA) is 92.7 Å². The van der Waals surface area contributed by atoms with Gasteiger partial charge in [-0.1, -0.05) is 34.6 Å². The minimum absolute atomic E-state index is 0.0101. The molecule has 4 aliphatic heterocycles. The quantitative estimate of drug-likeness (QED) is 0.466. The van der Waals surface area contributed by atoms with Gasteiger partial charge < -0.3 is 33.2 Å². The molecule has 4 saturated heterocycles. The molecule has 0 aromatic carbocycles. The Labute approximate surface area is 230 Å². The molecule has 0 aliphatic carbocycles. The molecule has 2 bridgehead atoms. The van der Waals surface area contributed by atoms with Crippen LogP contribution in [0, 0.1) is 17.8 Å². The first-order valence-electron chi connectivity index (χ1n) is 14.3. The molecule has 220 valence electrons. The van der Waals surface area contributed by atoms with Crippen LogP contribution in [0.5, 0.6) is 0 Å². The van der Waals surface area contributed by atoms with Gasteiger partial charge in [-0.25, -0.2) is 0 Å². The molecule has 4 fully saturated rings. The van der Waals surface area contributed by atoms with E-state index in [0.29, 0.717) is 0 Å². The number of carbonyl (C=O) groups excluding carboxylic acids is 1. The van der Waals surface area contributed by atoms with E-state index in [1.807, 2.05) is 55.4 Å². The SMILES string of the molecule is C[C@@H]1[C@H]2O[C@](C)(C(=O)[C@@H]2[C@@H](O)[C@H](C)[C@H]2OC(C)(C)O[C@@]2(C)[C@H]2OC(C)(C)O[C@H]2C)[C@H]1O[Si](C)(C)C(C)(C)C. The number of aliphatic hydroxyl groups excluding tert-OH is 1. The second kappa shape index (κ2) is 9.05. The maximum atomic E-state index is 14.0. The van der Waals surface area contributed by atoms with Crippen molar-refractivity contribution in [1.82, 2.24) is 0 Å². The molecule has 4 rings (SSSR count). The second-order valence-electron chi connectivity index (χ2n) is 15.1. The van der Waals surface area contributed by atoms with Crippen LogP contribution in [0.4, 0.5) is 0 Å². The van der Waals surface area contributed by atoms with Crippen LogP contribution in [0.25, 0.3) is 0 Å². The van der Waals surface area contributed by atoms with E-state index in [2.05, 4.69) is 40.8 Å². The lowest BCUT2D eigenvalue weighted by Crippen LogP contribution is -2.60. The van der Waals surface area contributed by atoms with Gasteiger partial charge in [0.05, 0.1) is 36.4 Å². The van der Waals surface area contributed by atoms with Gasteiger partial charge in [-0.3, -0.25) is 4.79 Å². The van der Waals surface area contributed by atoms with Crippen molar-refractivity contribution in [1.29, 1.82) is 0 Å². The lowest BCUT2D eigenvalue weighted by molar-refractivity contribution is -0.200. The van der Waals surface area contributed by atoms with Crippen LogP contribution in [0.3, 0.4) is 0 Å². The summed E-state index contributed by atoms with van der Waals surface area (Å²) in [5.41, 5.74) is -1.98. The predicted molar refractivity (Wildman–Crippen MR) is 146 cm³/mol. The van der Waals surface area contributed by atoms with Crippen LogP contribution in [-0.4, -0.2) is 78.6 Å². The van der Waals surface area contributed by atoms with Crippen molar-refractivity contribution in [3.63, 3.8) is 0 Å². The molecule has 8 nitrogen and oxygen atoms in total. The first-order valence-corrected chi connectivity index (χ1v) is 17.2. The summed E-state index contributed by atoms with van der Waals surface area (Å²) in [6, 6.07) is 0. The van der Waals surface area contributed by atoms with Crippen molar-refractivity contribution in [3.05, 3.63) is 0 Å². The highest BCUT2D eigenvalue weighted by atomic mass is 28.4. The van der Waals surface area contributed by atoms with Crippen molar-refractivity contribution >= 4 is 14.1 Å². The molecule has 38 heavy (non-hydrogen) atoms. The third-order valence-electron chi connectivity index (χ3n) is 9.99. The maximum absolute atomic E-state index is 14.0. The Balaban J connectivity index is 1.59. The molecule has 0 aromatic heterocycles. The molecule has 0 amide bonds. The first-order chi connectivity index (χ1) is 17.0. The summed E-state index contributed by atoms with van der Waals surface area (Å²) in [7, 11) is -2.14. The number of ether oxygens (including phenoxy) is 5. The average Bonchev–Trinajstić information content (AvgIpc) is 3.36. The van der Waals surface area contributed by atoms with E-state index in [9.17, 15) is 9.90 Å². The summed E-state index contributed by atoms with van der Waals surface area (Å²) in [5, 5.41) is 11.8. The van der Waals surface area contributed by atoms with Gasteiger partial charge in [0, 0.05) is 11.8 Å². The predicted octanol–water partition coefficient (Wildman–Crippen LogP) is 4.82. The normalized spacial score (nSPS) is 46.1. The van der Waals surface area contributed by atoms with Gasteiger partial charge in [0.2, 0.25) is 0 Å². The van der Waals surface area contributed by atoms with Crippen molar-refractivity contribution in [2.45, 2.75) is 161 Å². The van der Waals surface area contributed by atoms with Gasteiger partial charge in [-0.15, -0.1) is 0 Å². The van der Waals surface area contributed by atoms with Crippen molar-refractivity contribution < 1.29 is 38.0 Å². The number of hydrogen-bond acceptors (Lipinski definition) is 8. The largest absolute Gasteiger partial charge is 0.410 e. The summed E-state index contributed by atoms with van der Waals surface area (Å²) in [6.07, 6.45) is -2.93. The molecule has 9 heteroatoms. The highest BCUT2D eigenvalue weighted by molar-refractivity contribution is 6.74. The van der Waals surface area contributed by atoms with Crippen molar-refractivity contribution in [3.8, 4) is 0 Å². The molecule has 1 N–H and O–H groups in total. The summed E-state index contributed by atoms with van der Waals surface area (Å²) in [4.78, 5) is 14.0. The second-order valence-corrected chi connectivity index (χ2v) is 19.8. The number of rotatable bonds is 6. The molecule has 11 atom stereocenters. The minimum Gasteiger partial charge on any atom is -0.410 e. The standard InChI is InChI=1S/C29H52O8Si/c1-15(22-29(12,37-27(9,10)34-22)24-17(3)32-26(7,8)35-24)19(30)18-20-16(2)23(28(11,33-20)21(18)31)36-38(13,14)25(4,5)6/h15-20,22-24,30H,1-14H3/t15-,16+,17-,18+,19-,20+,22+,23-,24-,28+,29+/m0/s1. The fraction of sp³-hybridized carbons (Fsp3) is 0.966. The van der Waals surface area contributed by atoms with E-state index in [-0.39, 0.29) is 28.9 Å². The number of hydrogen-bond donors (Lipinski definition) is 1. The zero-order valence-corrected chi connectivity index (χ0v) is 27.0. The monoisotopic (exact) mass is 556 g/mol. The van der Waals surface area contributed by atoms with E-state index in [0.717, 1.165) is 0 Å². The Morgan fingerprint density at radius 1 is 0.947 bits per heavy atom. The van der Waals surface area contributed by atoms with E-state index in [4.69, 9.17) is 28.1 Å². The molecule has 0 radical (unpaired) electrons. The van der Waals surface area contributed by atoms with Gasteiger partial charge in [0.15, 0.2) is 25.7 Å². The molecule has 4 heterocycles. The molecular formula is C29H52O8Si. The Morgan fingerprint density at radius 2 is 1.53 bits per heavy atom. The molecule has 0 aromatic rings. The van der Waals surface area contributed by atoms with E-state index < -0.39 is 67.3 Å². The molecule has 0 spiro atoms. The third kappa shape index (κ3) is 4.67. The fourth-order valence-corrected chi connectivity index (χ4v) is 8.61. The Morgan fingerprint density at radius 3 is 2.03 bits per heavy atom. The Bertz CT molecular complexity index is 943. The number of carbonyl (C=O) groups is 1. The highest BCUT2D eigenvalue weighted by Gasteiger charge is 2.70. The van der Waals surface area contributed by atoms with Gasteiger partial charge in [0.25, 0.3) is 0 Å². The molecule has 0 saturated carbocycles. The summed E-state index contributed by atoms with van der Waals surface area (Å²) >= 11 is 0. The fourth-order valence-electron chi connectivity index (χ4n) is 7.18. The minimum atomic E-state index is -2.14. The van der Waals surface area contributed by atoms with Crippen molar-refractivity contribution in [2.75, 3.05) is 0 Å². The van der Waals surface area contributed by atoms with Crippen LogP contribution < -0.4 is 0 Å². The molecule has 0 unspecified atom stereocenters. The Hall–Kier alpha value is -0.393. The summed E-state index contributed by atoms with van der Waals surface area (Å²) < 4.78 is 38.5. The molecule has 4 aliphatic rings. The maximum Gasteiger partial charge on any atom is 0.192 e. The third-order valence-corrected chi connectivity index (χ3v) is 14.4. The van der Waals surface area contributed by atoms with Crippen LogP contribution in [0.15, 0.2) is 0 Å². The van der Waals surface area contributed by atoms with Crippen LogP contribution in [0.1, 0.15) is 83.1 Å². The lowest BCUT2D eigenvalue weighted by Gasteiger charge is -2.45. The van der Waals surface area contributed by atoms with E-state index in [1.165, 1.54) is 0 Å². The number of Topliss-reactive ketones (excluding diaryl/α,β-unsaturated/α-hetero) is 1. The first kappa shape index (κ1) is 30.6. The van der Waals surface area contributed by atoms with Crippen LogP contribution >= 0.6 is 0 Å². The van der Waals surface area contributed by atoms with Gasteiger partial charge in [-0.2, -0.15) is 0 Å².